The summed E-state index contributed by atoms with van der Waals surface area (Å²) in [5, 5.41) is 22.7. The van der Waals surface area contributed by atoms with Crippen LogP contribution in [0.15, 0.2) is 18.2 Å². The lowest BCUT2D eigenvalue weighted by molar-refractivity contribution is -0.385. The van der Waals surface area contributed by atoms with Crippen LogP contribution in [0.2, 0.25) is 0 Å². The van der Waals surface area contributed by atoms with Crippen LogP contribution >= 0.6 is 0 Å². The van der Waals surface area contributed by atoms with E-state index in [0.29, 0.717) is 13.0 Å². The zero-order valence-corrected chi connectivity index (χ0v) is 12.1. The van der Waals surface area contributed by atoms with Gasteiger partial charge in [0.05, 0.1) is 23.7 Å². The van der Waals surface area contributed by atoms with E-state index >= 15 is 0 Å². The highest BCUT2D eigenvalue weighted by Crippen LogP contribution is 2.23. The van der Waals surface area contributed by atoms with Crippen molar-refractivity contribution in [2.45, 2.75) is 32.2 Å². The standard InChI is InChI=1S/C14H18FN3O3/c1-3-7-17-14(2,10-16)6-8-21-13-5-4-11(18(19)20)9-12(13)15/h4-5,9,17H,3,6-8H2,1-2H3. The normalized spacial score (nSPS) is 13.2. The number of nitriles is 1. The molecule has 0 spiro atoms. The first-order valence-corrected chi connectivity index (χ1v) is 6.65. The van der Waals surface area contributed by atoms with E-state index in [2.05, 4.69) is 11.4 Å². The van der Waals surface area contributed by atoms with Gasteiger partial charge < -0.3 is 4.74 Å². The highest BCUT2D eigenvalue weighted by Gasteiger charge is 2.22. The van der Waals surface area contributed by atoms with E-state index in [1.807, 2.05) is 6.92 Å². The smallest absolute Gasteiger partial charge is 0.272 e. The van der Waals surface area contributed by atoms with Crippen molar-refractivity contribution >= 4 is 5.69 Å². The molecule has 1 atom stereocenters. The summed E-state index contributed by atoms with van der Waals surface area (Å²) in [6, 6.07) is 5.37. The Balaban J connectivity index is 2.60. The van der Waals surface area contributed by atoms with E-state index in [0.717, 1.165) is 12.5 Å². The number of halogens is 1. The summed E-state index contributed by atoms with van der Waals surface area (Å²) in [5.74, 6) is -0.847. The van der Waals surface area contributed by atoms with Gasteiger partial charge in [-0.2, -0.15) is 5.26 Å². The van der Waals surface area contributed by atoms with Crippen LogP contribution in [0.5, 0.6) is 5.75 Å². The van der Waals surface area contributed by atoms with Gasteiger partial charge in [-0.25, -0.2) is 4.39 Å². The third-order valence-electron chi connectivity index (χ3n) is 3.00. The quantitative estimate of drug-likeness (QED) is 0.588. The molecule has 0 aliphatic rings. The largest absolute Gasteiger partial charge is 0.490 e. The zero-order chi connectivity index (χ0) is 15.9. The van der Waals surface area contributed by atoms with Gasteiger partial charge in [-0.15, -0.1) is 0 Å². The number of ether oxygens (including phenoxy) is 1. The molecule has 7 heteroatoms. The topological polar surface area (TPSA) is 88.2 Å². The van der Waals surface area contributed by atoms with E-state index in [1.165, 1.54) is 12.1 Å². The van der Waals surface area contributed by atoms with E-state index < -0.39 is 16.3 Å². The fourth-order valence-corrected chi connectivity index (χ4v) is 1.67. The Hall–Kier alpha value is -2.20. The molecule has 0 bridgehead atoms. The summed E-state index contributed by atoms with van der Waals surface area (Å²) in [4.78, 5) is 9.83. The Bertz CT molecular complexity index is 545. The number of non-ortho nitro benzene ring substituents is 1. The molecule has 21 heavy (non-hydrogen) atoms. The number of hydrogen-bond donors (Lipinski definition) is 1. The fourth-order valence-electron chi connectivity index (χ4n) is 1.67. The molecule has 0 amide bonds. The summed E-state index contributed by atoms with van der Waals surface area (Å²) in [5.41, 5.74) is -1.07. The van der Waals surface area contributed by atoms with Gasteiger partial charge in [0.15, 0.2) is 11.6 Å². The summed E-state index contributed by atoms with van der Waals surface area (Å²) in [7, 11) is 0. The molecule has 0 heterocycles. The molecule has 0 radical (unpaired) electrons. The fraction of sp³-hybridized carbons (Fsp3) is 0.500. The second-order valence-electron chi connectivity index (χ2n) is 4.84. The lowest BCUT2D eigenvalue weighted by atomic mass is 10.0. The van der Waals surface area contributed by atoms with Gasteiger partial charge >= 0.3 is 0 Å². The first-order chi connectivity index (χ1) is 9.91. The van der Waals surface area contributed by atoms with Crippen molar-refractivity contribution in [1.82, 2.24) is 5.32 Å². The number of benzene rings is 1. The lowest BCUT2D eigenvalue weighted by Crippen LogP contribution is -2.42. The average Bonchev–Trinajstić information content (AvgIpc) is 2.46. The molecule has 0 saturated carbocycles. The summed E-state index contributed by atoms with van der Waals surface area (Å²) >= 11 is 0. The Morgan fingerprint density at radius 1 is 1.57 bits per heavy atom. The average molecular weight is 295 g/mol. The van der Waals surface area contributed by atoms with Crippen molar-refractivity contribution in [1.29, 1.82) is 5.26 Å². The van der Waals surface area contributed by atoms with Crippen molar-refractivity contribution in [3.05, 3.63) is 34.1 Å². The van der Waals surface area contributed by atoms with Gasteiger partial charge in [0.25, 0.3) is 5.69 Å². The SMILES string of the molecule is CCCNC(C)(C#N)CCOc1ccc([N+](=O)[O-])cc1F. The predicted molar refractivity (Wildman–Crippen MR) is 75.5 cm³/mol. The maximum atomic E-state index is 13.6. The number of nitrogens with zero attached hydrogens (tertiary/aromatic N) is 2. The maximum Gasteiger partial charge on any atom is 0.272 e. The number of rotatable bonds is 8. The Labute approximate surface area is 122 Å². The van der Waals surface area contributed by atoms with Crippen LogP contribution in [-0.2, 0) is 0 Å². The molecule has 114 valence electrons. The van der Waals surface area contributed by atoms with Gasteiger partial charge in [-0.05, 0) is 26.0 Å². The third kappa shape index (κ3) is 5.00. The van der Waals surface area contributed by atoms with Crippen LogP contribution in [0.1, 0.15) is 26.7 Å². The van der Waals surface area contributed by atoms with E-state index in [4.69, 9.17) is 10.00 Å². The van der Waals surface area contributed by atoms with Crippen LogP contribution in [0.4, 0.5) is 10.1 Å². The minimum Gasteiger partial charge on any atom is -0.490 e. The molecule has 1 aromatic rings. The van der Waals surface area contributed by atoms with Crippen LogP contribution in [-0.4, -0.2) is 23.6 Å². The first-order valence-electron chi connectivity index (χ1n) is 6.65. The third-order valence-corrected chi connectivity index (χ3v) is 3.00. The van der Waals surface area contributed by atoms with Crippen LogP contribution in [0.3, 0.4) is 0 Å². The van der Waals surface area contributed by atoms with Gasteiger partial charge in [0.1, 0.15) is 5.54 Å². The molecule has 0 aromatic heterocycles. The molecule has 1 rings (SSSR count). The molecule has 0 aliphatic heterocycles. The first kappa shape index (κ1) is 16.9. The molecule has 0 fully saturated rings. The minimum atomic E-state index is -0.788. The van der Waals surface area contributed by atoms with Crippen molar-refractivity contribution in [2.24, 2.45) is 0 Å². The Morgan fingerprint density at radius 3 is 2.81 bits per heavy atom. The van der Waals surface area contributed by atoms with Crippen LogP contribution < -0.4 is 10.1 Å². The minimum absolute atomic E-state index is 0.0589. The monoisotopic (exact) mass is 295 g/mol. The molecular formula is C14H18FN3O3. The number of nitrogens with one attached hydrogen (secondary N) is 1. The Morgan fingerprint density at radius 2 is 2.29 bits per heavy atom. The molecule has 1 aromatic carbocycles. The summed E-state index contributed by atoms with van der Waals surface area (Å²) in [6.07, 6.45) is 1.27. The van der Waals surface area contributed by atoms with E-state index in [1.54, 1.807) is 6.92 Å². The summed E-state index contributed by atoms with van der Waals surface area (Å²) in [6.45, 7) is 4.58. The predicted octanol–water partition coefficient (Wildman–Crippen LogP) is 2.78. The lowest BCUT2D eigenvalue weighted by Gasteiger charge is -2.23. The number of nitro groups is 1. The maximum absolute atomic E-state index is 13.6. The van der Waals surface area contributed by atoms with Crippen molar-refractivity contribution in [3.63, 3.8) is 0 Å². The second kappa shape index (κ2) is 7.55. The highest BCUT2D eigenvalue weighted by atomic mass is 19.1. The molecular weight excluding hydrogens is 277 g/mol. The number of nitro benzene ring substituents is 1. The molecule has 0 saturated heterocycles. The van der Waals surface area contributed by atoms with Gasteiger partial charge in [-0.1, -0.05) is 6.92 Å². The van der Waals surface area contributed by atoms with Gasteiger partial charge in [-0.3, -0.25) is 15.4 Å². The zero-order valence-electron chi connectivity index (χ0n) is 12.1. The van der Waals surface area contributed by atoms with Crippen molar-refractivity contribution in [2.75, 3.05) is 13.2 Å². The highest BCUT2D eigenvalue weighted by molar-refractivity contribution is 5.37. The molecule has 6 nitrogen and oxygen atoms in total. The van der Waals surface area contributed by atoms with Crippen LogP contribution in [0, 0.1) is 27.3 Å². The molecule has 0 aliphatic carbocycles. The molecule has 1 N–H and O–H groups in total. The van der Waals surface area contributed by atoms with Gasteiger partial charge in [0, 0.05) is 12.5 Å². The van der Waals surface area contributed by atoms with Crippen LogP contribution in [0.25, 0.3) is 0 Å². The summed E-state index contributed by atoms with van der Waals surface area (Å²) < 4.78 is 18.9. The second-order valence-corrected chi connectivity index (χ2v) is 4.84. The Kier molecular flexibility index (Phi) is 6.06. The van der Waals surface area contributed by atoms with Gasteiger partial charge in [0.2, 0.25) is 0 Å². The molecule has 1 unspecified atom stereocenters. The van der Waals surface area contributed by atoms with E-state index in [9.17, 15) is 14.5 Å². The van der Waals surface area contributed by atoms with E-state index in [-0.39, 0.29) is 18.0 Å². The number of hydrogen-bond acceptors (Lipinski definition) is 5. The van der Waals surface area contributed by atoms with Crippen molar-refractivity contribution in [3.8, 4) is 11.8 Å². The van der Waals surface area contributed by atoms with Crippen molar-refractivity contribution < 1.29 is 14.1 Å².